The van der Waals surface area contributed by atoms with E-state index in [1.165, 1.54) is 44.5 Å². The molecule has 0 unspecified atom stereocenters. The van der Waals surface area contributed by atoms with E-state index in [1.54, 1.807) is 0 Å². The smallest absolute Gasteiger partial charge is 0.454 e. The molecule has 0 N–H and O–H groups in total. The van der Waals surface area contributed by atoms with Crippen molar-refractivity contribution in [2.45, 2.75) is 200 Å². The Balaban J connectivity index is 0.000000512. The van der Waals surface area contributed by atoms with Crippen molar-refractivity contribution in [1.82, 2.24) is 0 Å². The van der Waals surface area contributed by atoms with Crippen LogP contribution in [0.1, 0.15) is 244 Å². The van der Waals surface area contributed by atoms with E-state index in [-0.39, 0.29) is 28.2 Å². The summed E-state index contributed by atoms with van der Waals surface area (Å²) in [4.78, 5) is 15.5. The molecule has 354 valence electrons. The van der Waals surface area contributed by atoms with Crippen molar-refractivity contribution < 1.29 is 0 Å². The van der Waals surface area contributed by atoms with Crippen LogP contribution in [0.4, 0.5) is 22.7 Å². The van der Waals surface area contributed by atoms with Gasteiger partial charge in [-0.25, -0.2) is 6.08 Å². The van der Waals surface area contributed by atoms with Gasteiger partial charge in [0.1, 0.15) is 0 Å². The first kappa shape index (κ1) is 58.1. The van der Waals surface area contributed by atoms with E-state index in [9.17, 15) is 0 Å². The maximum absolute atomic E-state index is 5.31. The molecule has 0 aromatic heterocycles. The number of amidine groups is 1. The summed E-state index contributed by atoms with van der Waals surface area (Å²) in [6, 6.07) is 26.2. The van der Waals surface area contributed by atoms with E-state index in [1.807, 2.05) is 0 Å². The van der Waals surface area contributed by atoms with Gasteiger partial charge in [0.05, 0.1) is 0 Å². The second-order valence-electron chi connectivity index (χ2n) is 22.4. The summed E-state index contributed by atoms with van der Waals surface area (Å²) in [7, 11) is 0. The number of nitrogens with zero attached hydrogens (tertiary/aromatic N) is 4. The summed E-state index contributed by atoms with van der Waals surface area (Å²) in [6.07, 6.45) is 8.99. The van der Waals surface area contributed by atoms with Crippen molar-refractivity contribution in [3.05, 3.63) is 135 Å². The number of para-hydroxylation sites is 4. The average Bonchev–Trinajstić information content (AvgIpc) is 3.20. The van der Waals surface area contributed by atoms with Gasteiger partial charge in [0.2, 0.25) is 0 Å². The fourth-order valence-corrected chi connectivity index (χ4v) is 7.78. The van der Waals surface area contributed by atoms with Gasteiger partial charge in [0, 0.05) is 5.69 Å². The number of aliphatic imine (C=N–C) groups is 3. The molecule has 0 aliphatic rings. The van der Waals surface area contributed by atoms with Gasteiger partial charge in [-0.1, -0.05) is 242 Å². The molecule has 0 saturated heterocycles. The number of allylic oxidation sites excluding steroid dienone is 2. The van der Waals surface area contributed by atoms with Crippen LogP contribution in [0.5, 0.6) is 0 Å². The quantitative estimate of drug-likeness (QED) is 0.0524. The Labute approximate surface area is 416 Å². The number of hydrogen-bond donors (Lipinski definition) is 0. The fraction of sp³-hybridized carbons (Fsp3) is 0.525. The topological polar surface area (TPSA) is 51.2 Å². The first-order valence-corrected chi connectivity index (χ1v) is 24.6. The van der Waals surface area contributed by atoms with Crippen molar-refractivity contribution in [3.8, 4) is 0 Å². The molecule has 0 fully saturated rings. The maximum atomic E-state index is 5.31. The second kappa shape index (κ2) is 25.4. The Bertz CT molecular complexity index is 2180. The Morgan fingerprint density at radius 3 is 1.02 bits per heavy atom. The molecule has 0 spiro atoms. The molecule has 0 aliphatic heterocycles. The van der Waals surface area contributed by atoms with Crippen LogP contribution in [-0.4, -0.2) is 35.1 Å². The molecule has 0 saturated carbocycles. The molecular formula is C61H87AlN4. The first-order chi connectivity index (χ1) is 30.2. The summed E-state index contributed by atoms with van der Waals surface area (Å²) in [5, 5.41) is 5.31. The molecule has 0 radical (unpaired) electrons. The Morgan fingerprint density at radius 1 is 0.439 bits per heavy atom. The van der Waals surface area contributed by atoms with Crippen molar-refractivity contribution >= 4 is 57.9 Å². The third-order valence-electron chi connectivity index (χ3n) is 11.7. The minimum atomic E-state index is -0.0173. The van der Waals surface area contributed by atoms with Crippen LogP contribution in [0.3, 0.4) is 0 Å². The molecule has 4 aromatic carbocycles. The van der Waals surface area contributed by atoms with E-state index in [0.717, 1.165) is 28.5 Å². The van der Waals surface area contributed by atoms with E-state index in [4.69, 9.17) is 20.3 Å². The maximum Gasteiger partial charge on any atom is 3.00 e. The first-order valence-electron chi connectivity index (χ1n) is 24.6. The zero-order valence-corrected chi connectivity index (χ0v) is 46.6. The monoisotopic (exact) mass is 903 g/mol. The molecule has 4 aromatic rings. The summed E-state index contributed by atoms with van der Waals surface area (Å²) < 4.78 is 0. The van der Waals surface area contributed by atoms with Gasteiger partial charge in [-0.2, -0.15) is 6.21 Å². The summed E-state index contributed by atoms with van der Waals surface area (Å²) >= 11 is 0. The van der Waals surface area contributed by atoms with Crippen LogP contribution < -0.4 is 0 Å². The van der Waals surface area contributed by atoms with Crippen LogP contribution in [0.25, 0.3) is 5.32 Å². The van der Waals surface area contributed by atoms with Crippen LogP contribution in [0.15, 0.2) is 93.8 Å². The average molecular weight is 903 g/mol. The SMILES string of the molecule is CC(C)c1cccc(C(C)C)c1N=C(C=[C-]C(C)(C)C)C(C)(C)C.CC(C)c1cccc(C(C)C)c1N=[C-]C(=Nc1c(C(C)C)cccc1C(C)C)[N-]c1c(C(C)C)cccc1C(C)C.[Al+3]. The van der Waals surface area contributed by atoms with Crippen LogP contribution >= 0.6 is 0 Å². The van der Waals surface area contributed by atoms with Gasteiger partial charge in [0.25, 0.3) is 0 Å². The number of benzene rings is 4. The van der Waals surface area contributed by atoms with Crippen molar-refractivity contribution in [2.75, 3.05) is 0 Å². The normalized spacial score (nSPS) is 13.1. The Hall–Kier alpha value is -4.04. The van der Waals surface area contributed by atoms with E-state index in [2.05, 4.69) is 243 Å². The zero-order valence-electron chi connectivity index (χ0n) is 45.5. The standard InChI is InChI=1S/C38H51N3.C23H36N.Al/c1-23(2)29-16-13-17-30(24(3)4)36(29)39-22-35(40-37-31(25(5)6)18-14-19-32(37)26(7)8)41-38-33(27(9)10)20-15-21-34(38)28(11)12;1-16(2)18-12-11-13-19(17(3)4)21(18)24-20(23(8,9)10)14-15-22(5,6)7;/h13-21,23-28H,1-12H3;11-14,16-17H,1-10H3;/q-2;-1;+3. The molecule has 0 heterocycles. The molecule has 0 aliphatic carbocycles. The third-order valence-corrected chi connectivity index (χ3v) is 11.7. The van der Waals surface area contributed by atoms with Crippen LogP contribution in [0.2, 0.25) is 0 Å². The van der Waals surface area contributed by atoms with Gasteiger partial charge >= 0.3 is 17.4 Å². The molecule has 4 rings (SSSR count). The van der Waals surface area contributed by atoms with Gasteiger partial charge in [-0.3, -0.25) is 6.08 Å². The molecule has 0 bridgehead atoms. The summed E-state index contributed by atoms with van der Waals surface area (Å²) in [5.74, 6) is 3.43. The third kappa shape index (κ3) is 16.3. The van der Waals surface area contributed by atoms with Gasteiger partial charge in [-0.15, -0.1) is 22.7 Å². The summed E-state index contributed by atoms with van der Waals surface area (Å²) in [6.45, 7) is 48.9. The van der Waals surface area contributed by atoms with Crippen LogP contribution in [0, 0.1) is 16.9 Å². The number of hydrogen-bond acceptors (Lipinski definition) is 3. The fourth-order valence-electron chi connectivity index (χ4n) is 7.78. The predicted molar refractivity (Wildman–Crippen MR) is 295 cm³/mol. The van der Waals surface area contributed by atoms with Gasteiger partial charge < -0.3 is 20.3 Å². The van der Waals surface area contributed by atoms with Gasteiger partial charge in [0.15, 0.2) is 0 Å². The van der Waals surface area contributed by atoms with Gasteiger partial charge in [-0.05, 0) is 92.1 Å². The van der Waals surface area contributed by atoms with Crippen molar-refractivity contribution in [2.24, 2.45) is 25.8 Å². The van der Waals surface area contributed by atoms with E-state index < -0.39 is 0 Å². The summed E-state index contributed by atoms with van der Waals surface area (Å²) in [5.41, 5.74) is 15.2. The second-order valence-corrected chi connectivity index (χ2v) is 22.4. The predicted octanol–water partition coefficient (Wildman–Crippen LogP) is 19.5. The van der Waals surface area contributed by atoms with Crippen LogP contribution in [-0.2, 0) is 0 Å². The molecular weight excluding hydrogens is 816 g/mol. The van der Waals surface area contributed by atoms with Crippen molar-refractivity contribution in [3.63, 3.8) is 0 Å². The molecule has 0 atom stereocenters. The molecule has 4 nitrogen and oxygen atoms in total. The van der Waals surface area contributed by atoms with E-state index in [0.29, 0.717) is 53.2 Å². The molecule has 66 heavy (non-hydrogen) atoms. The van der Waals surface area contributed by atoms with Crippen molar-refractivity contribution in [1.29, 1.82) is 0 Å². The Kier molecular flexibility index (Phi) is 22.3. The number of rotatable bonds is 14. The molecule has 0 amide bonds. The van der Waals surface area contributed by atoms with E-state index >= 15 is 0 Å². The minimum absolute atomic E-state index is 0. The Morgan fingerprint density at radius 2 is 0.727 bits per heavy atom. The molecule has 5 heteroatoms. The largest absolute Gasteiger partial charge is 3.00 e. The minimum Gasteiger partial charge on any atom is -0.454 e. The zero-order chi connectivity index (χ0) is 49.1.